The van der Waals surface area contributed by atoms with Crippen molar-refractivity contribution in [2.45, 2.75) is 24.0 Å². The maximum atomic E-state index is 14.0. The summed E-state index contributed by atoms with van der Waals surface area (Å²) in [5, 5.41) is 77.8. The van der Waals surface area contributed by atoms with E-state index in [1.54, 1.807) is 0 Å². The van der Waals surface area contributed by atoms with Crippen LogP contribution in [0.15, 0.2) is 170 Å². The van der Waals surface area contributed by atoms with Crippen molar-refractivity contribution in [3.8, 4) is 23.0 Å². The molecule has 0 aromatic heterocycles. The summed E-state index contributed by atoms with van der Waals surface area (Å²) in [6.07, 6.45) is -3.36. The molecule has 8 nitrogen and oxygen atoms in total. The molecule has 0 heterocycles. The molecule has 0 unspecified atom stereocenters. The highest BCUT2D eigenvalue weighted by molar-refractivity contribution is 5.91. The molecule has 1 aliphatic rings. The fourth-order valence-electron chi connectivity index (χ4n) is 8.17. The van der Waals surface area contributed by atoms with Crippen molar-refractivity contribution in [1.82, 2.24) is 0 Å². The Morgan fingerprint density at radius 3 is 1.00 bits per heavy atom. The van der Waals surface area contributed by atoms with Crippen molar-refractivity contribution in [1.29, 1.82) is 0 Å². The smallest absolute Gasteiger partial charge is 0.124 e. The highest BCUT2D eigenvalue weighted by atomic mass is 16.3. The summed E-state index contributed by atoms with van der Waals surface area (Å²) in [7, 11) is 0. The Morgan fingerprint density at radius 2 is 0.643 bits per heavy atom. The molecular weight excluding hydrogens is 701 g/mol. The number of rotatable bonds is 8. The molecule has 0 radical (unpaired) electrons. The lowest BCUT2D eigenvalue weighted by Gasteiger charge is -2.61. The van der Waals surface area contributed by atoms with E-state index in [9.17, 15) is 30.6 Å². The van der Waals surface area contributed by atoms with Crippen molar-refractivity contribution in [3.05, 3.63) is 181 Å². The minimum Gasteiger partial charge on any atom is -0.851 e. The van der Waals surface area contributed by atoms with Crippen LogP contribution in [0.4, 0.5) is 34.1 Å². The molecule has 8 aromatic rings. The summed E-state index contributed by atoms with van der Waals surface area (Å²) in [5.74, 6) is -4.27. The molecule has 276 valence electrons. The quantitative estimate of drug-likeness (QED) is 0.121. The highest BCUT2D eigenvalue weighted by Gasteiger charge is 2.43. The first-order chi connectivity index (χ1) is 27.3. The van der Waals surface area contributed by atoms with Gasteiger partial charge in [0.05, 0.1) is 11.4 Å². The molecule has 0 saturated heterocycles. The first-order valence-corrected chi connectivity index (χ1v) is 18.4. The number of hydrogen-bond acceptors (Lipinski definition) is 8. The third-order valence-electron chi connectivity index (χ3n) is 10.9. The summed E-state index contributed by atoms with van der Waals surface area (Å²) >= 11 is 0. The van der Waals surface area contributed by atoms with Gasteiger partial charge in [-0.1, -0.05) is 97.1 Å². The molecule has 9 rings (SSSR count). The molecule has 1 saturated carbocycles. The van der Waals surface area contributed by atoms with E-state index in [-0.39, 0.29) is 11.1 Å². The van der Waals surface area contributed by atoms with Crippen molar-refractivity contribution in [2.75, 3.05) is 9.80 Å². The summed E-state index contributed by atoms with van der Waals surface area (Å²) < 4.78 is 0. The summed E-state index contributed by atoms with van der Waals surface area (Å²) in [4.78, 5) is 3.74. The number of hydrogen-bond donors (Lipinski definition) is 4. The molecule has 8 aromatic carbocycles. The number of benzene rings is 8. The molecule has 0 spiro atoms. The van der Waals surface area contributed by atoms with Crippen molar-refractivity contribution < 1.29 is 30.6 Å². The van der Waals surface area contributed by atoms with Crippen LogP contribution in [0.3, 0.4) is 0 Å². The van der Waals surface area contributed by atoms with Gasteiger partial charge in [-0.05, 0) is 81.9 Å². The van der Waals surface area contributed by atoms with Crippen molar-refractivity contribution in [3.63, 3.8) is 0 Å². The number of aromatic hydroxyl groups is 4. The Kier molecular flexibility index (Phi) is 8.69. The SMILES string of the molecule is [O-]C1C(c2c(O)cc(N(c3ccccc3)c3ccc4ccccc4c3)cc2O)C([O-])C1c1c(O)cc(N(c2ccccc2)c2ccc3ccccc3c2)cc1O. The summed E-state index contributed by atoms with van der Waals surface area (Å²) in [6, 6.07) is 52.5. The van der Waals surface area contributed by atoms with Crippen molar-refractivity contribution >= 4 is 55.7 Å². The summed E-state index contributed by atoms with van der Waals surface area (Å²) in [5.41, 5.74) is 3.61. The number of phenols is 4. The Labute approximate surface area is 323 Å². The zero-order valence-corrected chi connectivity index (χ0v) is 30.0. The molecule has 56 heavy (non-hydrogen) atoms. The first-order valence-electron chi connectivity index (χ1n) is 18.4. The lowest BCUT2D eigenvalue weighted by molar-refractivity contribution is -0.536. The topological polar surface area (TPSA) is 134 Å². The lowest BCUT2D eigenvalue weighted by Crippen LogP contribution is -2.63. The largest absolute Gasteiger partial charge is 0.851 e. The van der Waals surface area contributed by atoms with Crippen molar-refractivity contribution in [2.24, 2.45) is 0 Å². The zero-order valence-electron chi connectivity index (χ0n) is 30.0. The molecule has 0 bridgehead atoms. The van der Waals surface area contributed by atoms with Crippen LogP contribution >= 0.6 is 0 Å². The number of phenolic OH excluding ortho intramolecular Hbond substituents is 4. The molecule has 0 atom stereocenters. The molecule has 4 N–H and O–H groups in total. The second-order valence-electron chi connectivity index (χ2n) is 14.2. The van der Waals surface area contributed by atoms with Gasteiger partial charge in [0.25, 0.3) is 0 Å². The maximum Gasteiger partial charge on any atom is 0.124 e. The van der Waals surface area contributed by atoms with Crippen LogP contribution in [0.25, 0.3) is 21.5 Å². The van der Waals surface area contributed by atoms with Gasteiger partial charge in [-0.15, -0.1) is 12.2 Å². The standard InChI is InChI=1S/C48H36N2O6/c51-39-25-37(49(33-15-3-1-4-16-33)35-21-19-29-11-7-9-13-31(29)23-35)26-40(52)43(39)45-47(55)46(48(45)56)44-41(53)27-38(28-42(44)54)50(34-17-5-2-6-18-34)36-22-20-30-12-8-10-14-32(30)24-36/h1-28,45-48,51-54H/q-2. The van der Waals surface area contributed by atoms with Gasteiger partial charge in [0.1, 0.15) is 23.0 Å². The van der Waals surface area contributed by atoms with Gasteiger partial charge in [-0.25, -0.2) is 0 Å². The average molecular weight is 737 g/mol. The van der Waals surface area contributed by atoms with Crippen LogP contribution in [-0.2, 0) is 0 Å². The van der Waals surface area contributed by atoms with E-state index < -0.39 is 47.0 Å². The van der Waals surface area contributed by atoms with Gasteiger partial charge in [0, 0.05) is 58.1 Å². The lowest BCUT2D eigenvalue weighted by atomic mass is 9.62. The summed E-state index contributed by atoms with van der Waals surface area (Å²) in [6.45, 7) is 0. The van der Waals surface area contributed by atoms with Crippen LogP contribution in [0.2, 0.25) is 0 Å². The molecule has 1 fully saturated rings. The predicted octanol–water partition coefficient (Wildman–Crippen LogP) is 9.09. The van der Waals surface area contributed by atoms with Crippen LogP contribution in [0.5, 0.6) is 23.0 Å². The van der Waals surface area contributed by atoms with Gasteiger partial charge in [-0.2, -0.15) is 0 Å². The van der Waals surface area contributed by atoms with Crippen LogP contribution < -0.4 is 20.0 Å². The second-order valence-corrected chi connectivity index (χ2v) is 14.2. The zero-order chi connectivity index (χ0) is 38.5. The Hall–Kier alpha value is -7.00. The fourth-order valence-corrected chi connectivity index (χ4v) is 8.17. The number of anilines is 6. The Morgan fingerprint density at radius 1 is 0.321 bits per heavy atom. The number of nitrogens with zero attached hydrogens (tertiary/aromatic N) is 2. The van der Waals surface area contributed by atoms with E-state index in [1.165, 1.54) is 24.3 Å². The number of para-hydroxylation sites is 2. The molecule has 8 heteroatoms. The monoisotopic (exact) mass is 736 g/mol. The third-order valence-corrected chi connectivity index (χ3v) is 10.9. The maximum absolute atomic E-state index is 14.0. The minimum absolute atomic E-state index is 0.154. The molecule has 0 aliphatic heterocycles. The van der Waals surface area contributed by atoms with Gasteiger partial charge in [-0.3, -0.25) is 0 Å². The van der Waals surface area contributed by atoms with Crippen LogP contribution in [0, 0.1) is 0 Å². The van der Waals surface area contributed by atoms with E-state index >= 15 is 0 Å². The van der Waals surface area contributed by atoms with Gasteiger partial charge < -0.3 is 40.4 Å². The molecule has 0 amide bonds. The highest BCUT2D eigenvalue weighted by Crippen LogP contribution is 2.56. The van der Waals surface area contributed by atoms with E-state index in [0.29, 0.717) is 11.4 Å². The first kappa shape index (κ1) is 34.7. The Bertz CT molecular complexity index is 2480. The number of fused-ring (bicyclic) bond motifs is 2. The third kappa shape index (κ3) is 5.98. The average Bonchev–Trinajstić information content (AvgIpc) is 3.21. The normalized spacial score (nSPS) is 17.8. The van der Waals surface area contributed by atoms with Crippen LogP contribution in [0.1, 0.15) is 23.0 Å². The fraction of sp³-hybridized carbons (Fsp3) is 0.0833. The molecule has 1 aliphatic carbocycles. The van der Waals surface area contributed by atoms with E-state index in [0.717, 1.165) is 44.3 Å². The van der Waals surface area contributed by atoms with Gasteiger partial charge in [0.2, 0.25) is 0 Å². The second kappa shape index (κ2) is 14.0. The Balaban J connectivity index is 1.04. The molecular formula is C48H36N2O6-2. The van der Waals surface area contributed by atoms with E-state index in [1.807, 2.05) is 155 Å². The van der Waals surface area contributed by atoms with Gasteiger partial charge in [0.15, 0.2) is 0 Å². The van der Waals surface area contributed by atoms with Crippen LogP contribution in [-0.4, -0.2) is 32.6 Å². The minimum atomic E-state index is -1.68. The van der Waals surface area contributed by atoms with E-state index in [2.05, 4.69) is 0 Å². The van der Waals surface area contributed by atoms with E-state index in [4.69, 9.17) is 0 Å². The predicted molar refractivity (Wildman–Crippen MR) is 217 cm³/mol. The van der Waals surface area contributed by atoms with Gasteiger partial charge >= 0.3 is 0 Å².